The number of rotatable bonds is 8. The van der Waals surface area contributed by atoms with Gasteiger partial charge in [-0.1, -0.05) is 13.3 Å². The molecule has 1 amide bonds. The van der Waals surface area contributed by atoms with Crippen molar-refractivity contribution in [2.75, 3.05) is 12.0 Å². The summed E-state index contributed by atoms with van der Waals surface area (Å²) in [6, 6.07) is -0.578. The summed E-state index contributed by atoms with van der Waals surface area (Å²) < 4.78 is 0. The Balaban J connectivity index is 4.07. The monoisotopic (exact) mass is 248 g/mol. The van der Waals surface area contributed by atoms with Crippen LogP contribution in [-0.2, 0) is 4.79 Å². The molecule has 0 saturated heterocycles. The van der Waals surface area contributed by atoms with E-state index in [4.69, 9.17) is 15.8 Å². The Morgan fingerprint density at radius 3 is 2.56 bits per heavy atom. The van der Waals surface area contributed by atoms with Crippen molar-refractivity contribution in [1.82, 2.24) is 5.32 Å². The summed E-state index contributed by atoms with van der Waals surface area (Å²) in [6.45, 7) is 1.91. The van der Waals surface area contributed by atoms with Crippen LogP contribution in [0.2, 0.25) is 0 Å². The van der Waals surface area contributed by atoms with Gasteiger partial charge in [0.2, 0.25) is 5.91 Å². The number of carbonyl (C=O) groups excluding carboxylic acids is 1. The fourth-order valence-corrected chi connectivity index (χ4v) is 1.76. The lowest BCUT2D eigenvalue weighted by atomic mass is 9.76. The van der Waals surface area contributed by atoms with Gasteiger partial charge < -0.3 is 21.1 Å². The molecule has 0 aliphatic carbocycles. The Kier molecular flexibility index (Phi) is 8.73. The van der Waals surface area contributed by atoms with Gasteiger partial charge in [0.1, 0.15) is 0 Å². The highest BCUT2D eigenvalue weighted by Gasteiger charge is 2.26. The highest BCUT2D eigenvalue weighted by atomic mass is 32.2. The molecule has 5 nitrogen and oxygen atoms in total. The SMILES string of the molecule is CCC[C@H](NC(=O)[C@@H](N)CCSC)B(O)O. The summed E-state index contributed by atoms with van der Waals surface area (Å²) in [5.74, 6) is -0.132. The molecular formula is C9H21BN2O3S. The topological polar surface area (TPSA) is 95.6 Å². The molecular weight excluding hydrogens is 227 g/mol. The minimum atomic E-state index is -1.53. The van der Waals surface area contributed by atoms with E-state index < -0.39 is 19.1 Å². The summed E-state index contributed by atoms with van der Waals surface area (Å²) in [7, 11) is -1.53. The Bertz CT molecular complexity index is 207. The molecule has 0 spiro atoms. The van der Waals surface area contributed by atoms with Crippen LogP contribution in [0.15, 0.2) is 0 Å². The first-order valence-corrected chi connectivity index (χ1v) is 6.83. The number of thioether (sulfide) groups is 1. The van der Waals surface area contributed by atoms with Crippen LogP contribution in [0.25, 0.3) is 0 Å². The molecule has 7 heteroatoms. The van der Waals surface area contributed by atoms with Crippen LogP contribution in [0, 0.1) is 0 Å². The zero-order valence-electron chi connectivity index (χ0n) is 9.85. The van der Waals surface area contributed by atoms with Gasteiger partial charge in [-0.3, -0.25) is 4.79 Å². The second-order valence-corrected chi connectivity index (χ2v) is 4.69. The third-order valence-corrected chi connectivity index (χ3v) is 2.90. The van der Waals surface area contributed by atoms with Gasteiger partial charge in [0, 0.05) is 0 Å². The van der Waals surface area contributed by atoms with E-state index in [1.165, 1.54) is 0 Å². The highest BCUT2D eigenvalue weighted by Crippen LogP contribution is 2.02. The second kappa shape index (κ2) is 8.86. The predicted octanol–water partition coefficient (Wildman–Crippen LogP) is -0.636. The van der Waals surface area contributed by atoms with Crippen LogP contribution >= 0.6 is 11.8 Å². The van der Waals surface area contributed by atoms with Crippen molar-refractivity contribution in [2.24, 2.45) is 5.73 Å². The first kappa shape index (κ1) is 15.8. The Morgan fingerprint density at radius 2 is 2.12 bits per heavy atom. The zero-order chi connectivity index (χ0) is 12.6. The van der Waals surface area contributed by atoms with E-state index in [2.05, 4.69) is 5.32 Å². The minimum absolute atomic E-state index is 0.319. The van der Waals surface area contributed by atoms with E-state index in [9.17, 15) is 4.79 Å². The Morgan fingerprint density at radius 1 is 1.50 bits per heavy atom. The van der Waals surface area contributed by atoms with Crippen molar-refractivity contribution in [3.63, 3.8) is 0 Å². The third-order valence-electron chi connectivity index (χ3n) is 2.26. The van der Waals surface area contributed by atoms with E-state index in [0.29, 0.717) is 12.8 Å². The molecule has 0 rings (SSSR count). The molecule has 2 atom stereocenters. The van der Waals surface area contributed by atoms with Crippen LogP contribution in [0.5, 0.6) is 0 Å². The van der Waals surface area contributed by atoms with Gasteiger partial charge in [0.25, 0.3) is 0 Å². The second-order valence-electron chi connectivity index (χ2n) is 3.71. The lowest BCUT2D eigenvalue weighted by Crippen LogP contribution is -2.51. The molecule has 0 aromatic heterocycles. The molecule has 0 radical (unpaired) electrons. The average Bonchev–Trinajstić information content (AvgIpc) is 2.24. The standard InChI is InChI=1S/C9H21BN2O3S/c1-3-4-8(10(14)15)12-9(13)7(11)5-6-16-2/h7-8,14-15H,3-6,11H2,1-2H3,(H,12,13)/t7-,8-/m0/s1. The van der Waals surface area contributed by atoms with Crippen LogP contribution in [-0.4, -0.2) is 47.1 Å². The molecule has 0 bridgehead atoms. The molecule has 0 aromatic carbocycles. The Hall–Kier alpha value is -0.235. The van der Waals surface area contributed by atoms with Crippen LogP contribution < -0.4 is 11.1 Å². The molecule has 0 unspecified atom stereocenters. The summed E-state index contributed by atoms with van der Waals surface area (Å²) in [4.78, 5) is 11.6. The maximum Gasteiger partial charge on any atom is 0.475 e. The van der Waals surface area contributed by atoms with Crippen molar-refractivity contribution in [3.05, 3.63) is 0 Å². The lowest BCUT2D eigenvalue weighted by Gasteiger charge is -2.19. The molecule has 0 saturated carbocycles. The molecule has 5 N–H and O–H groups in total. The van der Waals surface area contributed by atoms with Gasteiger partial charge in [-0.25, -0.2) is 0 Å². The van der Waals surface area contributed by atoms with E-state index >= 15 is 0 Å². The summed E-state index contributed by atoms with van der Waals surface area (Å²) in [5, 5.41) is 20.6. The van der Waals surface area contributed by atoms with Crippen LogP contribution in [0.3, 0.4) is 0 Å². The van der Waals surface area contributed by atoms with E-state index in [-0.39, 0.29) is 5.91 Å². The lowest BCUT2D eigenvalue weighted by molar-refractivity contribution is -0.122. The first-order chi connectivity index (χ1) is 7.52. The molecule has 0 fully saturated rings. The molecule has 16 heavy (non-hydrogen) atoms. The van der Waals surface area contributed by atoms with Crippen molar-refractivity contribution < 1.29 is 14.8 Å². The summed E-state index contributed by atoms with van der Waals surface area (Å²) in [6.07, 6.45) is 3.83. The molecule has 94 valence electrons. The van der Waals surface area contributed by atoms with Crippen molar-refractivity contribution in [1.29, 1.82) is 0 Å². The molecule has 0 heterocycles. The molecule has 0 aliphatic heterocycles. The number of hydrogen-bond donors (Lipinski definition) is 4. The molecule has 0 aliphatic rings. The van der Waals surface area contributed by atoms with Gasteiger partial charge in [-0.2, -0.15) is 11.8 Å². The predicted molar refractivity (Wildman–Crippen MR) is 68.0 cm³/mol. The number of nitrogens with two attached hydrogens (primary N) is 1. The Labute approximate surface area is 101 Å². The van der Waals surface area contributed by atoms with E-state index in [1.807, 2.05) is 13.2 Å². The average molecular weight is 248 g/mol. The fourth-order valence-electron chi connectivity index (χ4n) is 1.27. The van der Waals surface area contributed by atoms with Gasteiger partial charge in [0.05, 0.1) is 12.0 Å². The highest BCUT2D eigenvalue weighted by molar-refractivity contribution is 7.98. The number of amides is 1. The van der Waals surface area contributed by atoms with Crippen molar-refractivity contribution in [2.45, 2.75) is 38.2 Å². The van der Waals surface area contributed by atoms with Crippen molar-refractivity contribution >= 4 is 24.8 Å². The van der Waals surface area contributed by atoms with Gasteiger partial charge in [-0.05, 0) is 24.9 Å². The van der Waals surface area contributed by atoms with E-state index in [1.54, 1.807) is 11.8 Å². The van der Waals surface area contributed by atoms with E-state index in [0.717, 1.165) is 12.2 Å². The normalized spacial score (nSPS) is 14.3. The van der Waals surface area contributed by atoms with Crippen LogP contribution in [0.4, 0.5) is 0 Å². The van der Waals surface area contributed by atoms with Gasteiger partial charge in [-0.15, -0.1) is 0 Å². The third kappa shape index (κ3) is 6.37. The maximum absolute atomic E-state index is 11.6. The van der Waals surface area contributed by atoms with Crippen LogP contribution in [0.1, 0.15) is 26.2 Å². The summed E-state index contributed by atoms with van der Waals surface area (Å²) >= 11 is 1.62. The van der Waals surface area contributed by atoms with Gasteiger partial charge in [0.15, 0.2) is 0 Å². The maximum atomic E-state index is 11.6. The first-order valence-electron chi connectivity index (χ1n) is 5.44. The quantitative estimate of drug-likeness (QED) is 0.429. The largest absolute Gasteiger partial charge is 0.475 e. The van der Waals surface area contributed by atoms with Crippen molar-refractivity contribution in [3.8, 4) is 0 Å². The fraction of sp³-hybridized carbons (Fsp3) is 0.889. The zero-order valence-corrected chi connectivity index (χ0v) is 10.7. The summed E-state index contributed by atoms with van der Waals surface area (Å²) in [5.41, 5.74) is 5.66. The number of hydrogen-bond acceptors (Lipinski definition) is 5. The number of nitrogens with one attached hydrogen (secondary N) is 1. The van der Waals surface area contributed by atoms with Gasteiger partial charge >= 0.3 is 7.12 Å². The minimum Gasteiger partial charge on any atom is -0.426 e. The number of carbonyl (C=O) groups is 1. The molecule has 0 aromatic rings. The smallest absolute Gasteiger partial charge is 0.426 e.